The van der Waals surface area contributed by atoms with Gasteiger partial charge in [0.25, 0.3) is 0 Å². The predicted octanol–water partition coefficient (Wildman–Crippen LogP) is 3.41. The molecule has 0 N–H and O–H groups in total. The van der Waals surface area contributed by atoms with Crippen LogP contribution in [-0.2, 0) is 29.5 Å². The smallest absolute Gasteiger partial charge is 0.338 e. The molecule has 1 atom stereocenters. The lowest BCUT2D eigenvalue weighted by Crippen LogP contribution is -2.22. The number of carbonyl (C=O) groups is 1. The van der Waals surface area contributed by atoms with Crippen LogP contribution in [0.4, 0.5) is 0 Å². The lowest BCUT2D eigenvalue weighted by Gasteiger charge is -2.15. The van der Waals surface area contributed by atoms with Gasteiger partial charge in [-0.2, -0.15) is 5.10 Å². The molecule has 3 rings (SSSR count). The number of esters is 1. The highest BCUT2D eigenvalue weighted by Gasteiger charge is 2.12. The number of aromatic nitrogens is 2. The quantitative estimate of drug-likeness (QED) is 0.532. The van der Waals surface area contributed by atoms with Crippen LogP contribution in [0.1, 0.15) is 21.5 Å². The lowest BCUT2D eigenvalue weighted by atomic mass is 10.1. The number of methoxy groups -OCH3 is 1. The van der Waals surface area contributed by atoms with Crippen molar-refractivity contribution in [2.75, 3.05) is 13.7 Å². The highest BCUT2D eigenvalue weighted by atomic mass is 16.5. The fraction of sp³-hybridized carbons (Fsp3) is 0.273. The standard InChI is InChI=1S/C22H24N2O4/c1-24-14-18(13-23-24)12-21(26-2)16-27-20-10-8-19(9-11-20)22(25)28-15-17-6-4-3-5-7-17/h3-11,13-14,21H,12,15-16H2,1-2H3. The van der Waals surface area contributed by atoms with Crippen molar-refractivity contribution in [2.24, 2.45) is 7.05 Å². The van der Waals surface area contributed by atoms with Gasteiger partial charge in [-0.15, -0.1) is 0 Å². The van der Waals surface area contributed by atoms with Gasteiger partial charge in [-0.25, -0.2) is 4.79 Å². The zero-order valence-electron chi connectivity index (χ0n) is 16.1. The second kappa shape index (κ2) is 9.71. The summed E-state index contributed by atoms with van der Waals surface area (Å²) < 4.78 is 18.4. The number of benzene rings is 2. The fourth-order valence-electron chi connectivity index (χ4n) is 2.73. The third-order valence-corrected chi connectivity index (χ3v) is 4.29. The molecule has 0 spiro atoms. The largest absolute Gasteiger partial charge is 0.491 e. The van der Waals surface area contributed by atoms with Crippen LogP contribution < -0.4 is 4.74 Å². The summed E-state index contributed by atoms with van der Waals surface area (Å²) in [5, 5.41) is 4.16. The van der Waals surface area contributed by atoms with E-state index in [1.54, 1.807) is 36.1 Å². The minimum Gasteiger partial charge on any atom is -0.491 e. The Bertz CT molecular complexity index is 875. The van der Waals surface area contributed by atoms with E-state index in [4.69, 9.17) is 14.2 Å². The van der Waals surface area contributed by atoms with Crippen LogP contribution in [0.25, 0.3) is 0 Å². The molecule has 2 aromatic carbocycles. The average Bonchev–Trinajstić information content (AvgIpc) is 3.15. The number of aryl methyl sites for hydroxylation is 1. The van der Waals surface area contributed by atoms with Crippen molar-refractivity contribution >= 4 is 5.97 Å². The molecule has 0 saturated carbocycles. The molecule has 28 heavy (non-hydrogen) atoms. The SMILES string of the molecule is COC(COc1ccc(C(=O)OCc2ccccc2)cc1)Cc1cnn(C)c1. The maximum absolute atomic E-state index is 12.2. The van der Waals surface area contributed by atoms with Crippen molar-refractivity contribution < 1.29 is 19.0 Å². The molecule has 0 radical (unpaired) electrons. The first-order chi connectivity index (χ1) is 13.6. The summed E-state index contributed by atoms with van der Waals surface area (Å²) in [6.07, 6.45) is 4.41. The van der Waals surface area contributed by atoms with Crippen LogP contribution in [-0.4, -0.2) is 35.6 Å². The van der Waals surface area contributed by atoms with Crippen molar-refractivity contribution in [3.8, 4) is 5.75 Å². The van der Waals surface area contributed by atoms with Gasteiger partial charge in [0.05, 0.1) is 17.9 Å². The van der Waals surface area contributed by atoms with E-state index < -0.39 is 0 Å². The van der Waals surface area contributed by atoms with Crippen LogP contribution >= 0.6 is 0 Å². The van der Waals surface area contributed by atoms with E-state index >= 15 is 0 Å². The number of rotatable bonds is 9. The Kier molecular flexibility index (Phi) is 6.81. The van der Waals surface area contributed by atoms with E-state index in [9.17, 15) is 4.79 Å². The number of hydrogen-bond acceptors (Lipinski definition) is 5. The number of hydrogen-bond donors (Lipinski definition) is 0. The van der Waals surface area contributed by atoms with E-state index in [0.717, 1.165) is 11.1 Å². The van der Waals surface area contributed by atoms with Gasteiger partial charge in [0.15, 0.2) is 0 Å². The molecule has 0 aliphatic rings. The normalized spacial score (nSPS) is 11.8. The van der Waals surface area contributed by atoms with Gasteiger partial charge in [0, 0.05) is 26.8 Å². The second-order valence-corrected chi connectivity index (χ2v) is 6.48. The maximum atomic E-state index is 12.2. The Balaban J connectivity index is 1.48. The van der Waals surface area contributed by atoms with Crippen LogP contribution in [0.15, 0.2) is 67.0 Å². The van der Waals surface area contributed by atoms with Gasteiger partial charge in [-0.1, -0.05) is 30.3 Å². The van der Waals surface area contributed by atoms with Crippen LogP contribution in [0, 0.1) is 0 Å². The van der Waals surface area contributed by atoms with E-state index in [-0.39, 0.29) is 18.7 Å². The zero-order valence-corrected chi connectivity index (χ0v) is 16.1. The highest BCUT2D eigenvalue weighted by Crippen LogP contribution is 2.15. The molecule has 146 valence electrons. The molecule has 3 aromatic rings. The van der Waals surface area contributed by atoms with Crippen molar-refractivity contribution in [1.82, 2.24) is 9.78 Å². The van der Waals surface area contributed by atoms with E-state index in [2.05, 4.69) is 5.10 Å². The van der Waals surface area contributed by atoms with Crippen molar-refractivity contribution in [3.63, 3.8) is 0 Å². The molecular weight excluding hydrogens is 356 g/mol. The number of nitrogens with zero attached hydrogens (tertiary/aromatic N) is 2. The molecule has 6 nitrogen and oxygen atoms in total. The Hall–Kier alpha value is -3.12. The van der Waals surface area contributed by atoms with Crippen LogP contribution in [0.5, 0.6) is 5.75 Å². The van der Waals surface area contributed by atoms with E-state index in [1.165, 1.54) is 0 Å². The molecule has 0 saturated heterocycles. The third kappa shape index (κ3) is 5.69. The first-order valence-corrected chi connectivity index (χ1v) is 9.08. The third-order valence-electron chi connectivity index (χ3n) is 4.29. The Morgan fingerprint density at radius 1 is 1.07 bits per heavy atom. The van der Waals surface area contributed by atoms with Crippen LogP contribution in [0.2, 0.25) is 0 Å². The average molecular weight is 380 g/mol. The summed E-state index contributed by atoms with van der Waals surface area (Å²) >= 11 is 0. The molecular formula is C22H24N2O4. The summed E-state index contributed by atoms with van der Waals surface area (Å²) in [4.78, 5) is 12.2. The molecule has 0 amide bonds. The Morgan fingerprint density at radius 2 is 1.82 bits per heavy atom. The molecule has 6 heteroatoms. The van der Waals surface area contributed by atoms with E-state index in [1.807, 2.05) is 49.8 Å². The Morgan fingerprint density at radius 3 is 2.46 bits per heavy atom. The van der Waals surface area contributed by atoms with Gasteiger partial charge >= 0.3 is 5.97 Å². The summed E-state index contributed by atoms with van der Waals surface area (Å²) in [7, 11) is 3.55. The van der Waals surface area contributed by atoms with Gasteiger partial charge in [0.1, 0.15) is 19.0 Å². The van der Waals surface area contributed by atoms with Crippen molar-refractivity contribution in [1.29, 1.82) is 0 Å². The predicted molar refractivity (Wildman–Crippen MR) is 105 cm³/mol. The summed E-state index contributed by atoms with van der Waals surface area (Å²) in [6, 6.07) is 16.5. The first-order valence-electron chi connectivity index (χ1n) is 9.08. The number of carbonyl (C=O) groups excluding carboxylic acids is 1. The molecule has 0 fully saturated rings. The van der Waals surface area contributed by atoms with Crippen molar-refractivity contribution in [2.45, 2.75) is 19.1 Å². The number of ether oxygens (including phenoxy) is 3. The van der Waals surface area contributed by atoms with Gasteiger partial charge in [0.2, 0.25) is 0 Å². The lowest BCUT2D eigenvalue weighted by molar-refractivity contribution is 0.0472. The minimum absolute atomic E-state index is 0.0836. The van der Waals surface area contributed by atoms with Gasteiger partial charge < -0.3 is 14.2 Å². The minimum atomic E-state index is -0.359. The monoisotopic (exact) mass is 380 g/mol. The maximum Gasteiger partial charge on any atom is 0.338 e. The molecule has 1 aromatic heterocycles. The van der Waals surface area contributed by atoms with Crippen molar-refractivity contribution in [3.05, 3.63) is 83.7 Å². The highest BCUT2D eigenvalue weighted by molar-refractivity contribution is 5.89. The Labute approximate surface area is 164 Å². The van der Waals surface area contributed by atoms with E-state index in [0.29, 0.717) is 24.3 Å². The van der Waals surface area contributed by atoms with Gasteiger partial charge in [-0.3, -0.25) is 4.68 Å². The summed E-state index contributed by atoms with van der Waals surface area (Å²) in [6.45, 7) is 0.658. The molecule has 1 heterocycles. The fourth-order valence-corrected chi connectivity index (χ4v) is 2.73. The summed E-state index contributed by atoms with van der Waals surface area (Å²) in [5.41, 5.74) is 2.53. The second-order valence-electron chi connectivity index (χ2n) is 6.48. The van der Waals surface area contributed by atoms with Gasteiger partial charge in [-0.05, 0) is 35.4 Å². The van der Waals surface area contributed by atoms with Crippen LogP contribution in [0.3, 0.4) is 0 Å². The topological polar surface area (TPSA) is 62.6 Å². The summed E-state index contributed by atoms with van der Waals surface area (Å²) in [5.74, 6) is 0.314. The molecule has 0 aliphatic heterocycles. The molecule has 1 unspecified atom stereocenters. The molecule has 0 aliphatic carbocycles. The first kappa shape index (κ1) is 19.6. The molecule has 0 bridgehead atoms. The zero-order chi connectivity index (χ0) is 19.8.